The van der Waals surface area contributed by atoms with E-state index in [1.807, 2.05) is 32.3 Å². The van der Waals surface area contributed by atoms with Crippen LogP contribution in [0.25, 0.3) is 27.0 Å². The molecule has 0 spiro atoms. The number of nitrogens with zero attached hydrogens (tertiary/aromatic N) is 5. The molecule has 0 saturated heterocycles. The zero-order valence-electron chi connectivity index (χ0n) is 34.2. The molecule has 1 aliphatic rings. The number of H-pyrrole nitrogens is 1. The first-order valence-corrected chi connectivity index (χ1v) is 21.6. The number of hydrogen-bond acceptors (Lipinski definition) is 10. The van der Waals surface area contributed by atoms with E-state index >= 15 is 8.78 Å². The lowest BCUT2D eigenvalue weighted by Crippen LogP contribution is -2.27. The molecule has 1 amide bonds. The second-order valence-electron chi connectivity index (χ2n) is 14.9. The third-order valence-corrected chi connectivity index (χ3v) is 13.6. The summed E-state index contributed by atoms with van der Waals surface area (Å²) in [6, 6.07) is 19.1. The van der Waals surface area contributed by atoms with Gasteiger partial charge in [0.1, 0.15) is 22.9 Å². The zero-order chi connectivity index (χ0) is 44.2. The smallest absolute Gasteiger partial charge is 0.308 e. The number of carbonyl (C=O) groups is 2. The van der Waals surface area contributed by atoms with Crippen molar-refractivity contribution in [3.05, 3.63) is 146 Å². The number of esters is 1. The highest BCUT2D eigenvalue weighted by molar-refractivity contribution is 7.92. The molecule has 0 bridgehead atoms. The second-order valence-corrected chi connectivity index (χ2v) is 17.8. The maximum Gasteiger partial charge on any atom is 0.308 e. The van der Waals surface area contributed by atoms with E-state index in [-0.39, 0.29) is 22.6 Å². The number of aromatic amines is 1. The summed E-state index contributed by atoms with van der Waals surface area (Å²) in [6.07, 6.45) is 1.45. The molecule has 13 nitrogen and oxygen atoms in total. The number of rotatable bonds is 10. The lowest BCUT2D eigenvalue weighted by molar-refractivity contribution is -0.141. The molecule has 314 valence electrons. The number of nitrogens with one attached hydrogen (secondary N) is 3. The molecule has 3 aromatic heterocycles. The number of thiophene rings is 1. The van der Waals surface area contributed by atoms with Crippen LogP contribution >= 0.6 is 11.3 Å². The van der Waals surface area contributed by atoms with Gasteiger partial charge in [0.05, 0.1) is 52.5 Å². The maximum atomic E-state index is 15.8. The molecule has 1 aliphatic heterocycles. The van der Waals surface area contributed by atoms with E-state index < -0.39 is 51.2 Å². The number of methoxy groups -OCH3 is 1. The summed E-state index contributed by atoms with van der Waals surface area (Å²) in [6.45, 7) is 9.30. The van der Waals surface area contributed by atoms with Crippen LogP contribution in [-0.4, -0.2) is 52.9 Å². The number of aryl methyl sites for hydroxylation is 3. The van der Waals surface area contributed by atoms with Crippen molar-refractivity contribution in [2.24, 2.45) is 4.99 Å². The van der Waals surface area contributed by atoms with Crippen molar-refractivity contribution in [3.8, 4) is 22.2 Å². The van der Waals surface area contributed by atoms with Crippen LogP contribution in [0.1, 0.15) is 85.7 Å². The van der Waals surface area contributed by atoms with Gasteiger partial charge >= 0.3 is 5.97 Å². The normalized spacial score (nSPS) is 14.0. The van der Waals surface area contributed by atoms with Crippen molar-refractivity contribution in [1.29, 1.82) is 5.26 Å². The van der Waals surface area contributed by atoms with Crippen LogP contribution in [0.15, 0.2) is 88.9 Å². The van der Waals surface area contributed by atoms with Crippen molar-refractivity contribution >= 4 is 55.5 Å². The number of amides is 1. The van der Waals surface area contributed by atoms with Gasteiger partial charge in [0.2, 0.25) is 0 Å². The molecule has 7 aromatic rings. The highest BCUT2D eigenvalue weighted by Gasteiger charge is 2.33. The Labute approximate surface area is 359 Å². The quantitative estimate of drug-likeness (QED) is 0.114. The van der Waals surface area contributed by atoms with Gasteiger partial charge < -0.3 is 15.0 Å². The van der Waals surface area contributed by atoms with Crippen molar-refractivity contribution in [3.63, 3.8) is 0 Å². The largest absolute Gasteiger partial charge is 0.469 e. The third-order valence-electron chi connectivity index (χ3n) is 11.1. The predicted octanol–water partition coefficient (Wildman–Crippen LogP) is 8.61. The molecule has 3 N–H and O–H groups in total. The third kappa shape index (κ3) is 7.30. The highest BCUT2D eigenvalue weighted by atomic mass is 32.2. The van der Waals surface area contributed by atoms with Crippen molar-refractivity contribution in [2.45, 2.75) is 58.0 Å². The zero-order valence-corrected chi connectivity index (χ0v) is 35.9. The molecule has 0 fully saturated rings. The Morgan fingerprint density at radius 1 is 0.968 bits per heavy atom. The van der Waals surface area contributed by atoms with Gasteiger partial charge in [-0.25, -0.2) is 17.2 Å². The van der Waals surface area contributed by atoms with E-state index in [4.69, 9.17) is 9.73 Å². The number of anilines is 1. The summed E-state index contributed by atoms with van der Waals surface area (Å²) in [5.41, 5.74) is 5.38. The van der Waals surface area contributed by atoms with Gasteiger partial charge in [0.25, 0.3) is 15.9 Å². The molecule has 4 aromatic carbocycles. The van der Waals surface area contributed by atoms with Gasteiger partial charge in [-0.1, -0.05) is 48.5 Å². The van der Waals surface area contributed by atoms with Crippen LogP contribution in [0.2, 0.25) is 0 Å². The number of aromatic nitrogens is 4. The molecular weight excluding hydrogens is 835 g/mol. The van der Waals surface area contributed by atoms with E-state index in [9.17, 15) is 23.3 Å². The van der Waals surface area contributed by atoms with Gasteiger partial charge in [-0.05, 0) is 81.1 Å². The van der Waals surface area contributed by atoms with Crippen LogP contribution in [-0.2, 0) is 19.6 Å². The SMILES string of the molecule is COC(=O)C[C@@H]1N=C(c2ccc(-c3ccc(C(=O)N[C@H](C)c4ccc(S(=O)(=O)Nc5ccc(C)c6c(C#N)c[nH]c56)cc4)c(F)c3F)cc2)c2c(sc(C)c2C)-n2c(C)nnc21. The average Bonchev–Trinajstić information content (AvgIpc) is 3.93. The minimum Gasteiger partial charge on any atom is -0.469 e. The Morgan fingerprint density at radius 3 is 2.37 bits per heavy atom. The number of fused-ring (bicyclic) bond motifs is 4. The number of nitriles is 1. The monoisotopic (exact) mass is 872 g/mol. The van der Waals surface area contributed by atoms with Gasteiger partial charge in [-0.2, -0.15) is 5.26 Å². The lowest BCUT2D eigenvalue weighted by Gasteiger charge is -2.16. The van der Waals surface area contributed by atoms with Crippen LogP contribution in [0.4, 0.5) is 14.5 Å². The predicted molar refractivity (Wildman–Crippen MR) is 231 cm³/mol. The fourth-order valence-corrected chi connectivity index (χ4v) is 9.90. The van der Waals surface area contributed by atoms with Crippen molar-refractivity contribution in [2.75, 3.05) is 11.8 Å². The standard InChI is InChI=1S/C45H38F2N8O5S2/c1-22-7-18-34(42-37(22)30(20-48)21-49-42)54-62(58,59)31-14-12-27(13-15-31)24(3)50-44(57)33-17-16-32(39(46)40(33)47)28-8-10-29(11-9-28)41-38-23(2)25(4)61-45(38)55-26(5)52-53-43(55)35(51-41)19-36(56)60-6/h7-18,21,24,35,49,54H,19H2,1-6H3,(H,50,57)/t24-,35+/m1/s1. The van der Waals surface area contributed by atoms with E-state index in [1.54, 1.807) is 54.7 Å². The van der Waals surface area contributed by atoms with Crippen molar-refractivity contribution in [1.82, 2.24) is 25.1 Å². The highest BCUT2D eigenvalue weighted by Crippen LogP contribution is 2.40. The van der Waals surface area contributed by atoms with E-state index in [0.29, 0.717) is 50.5 Å². The van der Waals surface area contributed by atoms with Crippen LogP contribution in [0.5, 0.6) is 0 Å². The lowest BCUT2D eigenvalue weighted by atomic mass is 9.96. The van der Waals surface area contributed by atoms with Gasteiger partial charge in [0, 0.05) is 33.2 Å². The molecule has 62 heavy (non-hydrogen) atoms. The number of hydrogen-bond donors (Lipinski definition) is 3. The first-order valence-electron chi connectivity index (χ1n) is 19.3. The first kappa shape index (κ1) is 41.7. The van der Waals surface area contributed by atoms with Crippen LogP contribution in [0, 0.1) is 50.7 Å². The minimum absolute atomic E-state index is 0.0518. The number of halogens is 2. The number of carbonyl (C=O) groups excluding carboxylic acids is 2. The Balaban J connectivity index is 0.999. The second kappa shape index (κ2) is 16.1. The Kier molecular flexibility index (Phi) is 10.8. The molecule has 17 heteroatoms. The maximum absolute atomic E-state index is 15.8. The fraction of sp³-hybridized carbons (Fsp3) is 0.200. The fourth-order valence-electron chi connectivity index (χ4n) is 7.61. The number of sulfonamides is 1. The van der Waals surface area contributed by atoms with Crippen LogP contribution in [0.3, 0.4) is 0 Å². The molecule has 2 atom stereocenters. The summed E-state index contributed by atoms with van der Waals surface area (Å²) in [7, 11) is -2.75. The Morgan fingerprint density at radius 2 is 1.68 bits per heavy atom. The summed E-state index contributed by atoms with van der Waals surface area (Å²) < 4.78 is 67.6. The van der Waals surface area contributed by atoms with E-state index in [1.165, 1.54) is 49.7 Å². The molecule has 8 rings (SSSR count). The topological polar surface area (TPSA) is 184 Å². The molecule has 4 heterocycles. The molecule has 0 aliphatic carbocycles. The summed E-state index contributed by atoms with van der Waals surface area (Å²) in [5.74, 6) is -2.72. The van der Waals surface area contributed by atoms with Crippen LogP contribution < -0.4 is 10.0 Å². The molecule has 0 radical (unpaired) electrons. The Bertz CT molecular complexity index is 3150. The van der Waals surface area contributed by atoms with Crippen molar-refractivity contribution < 1.29 is 31.5 Å². The summed E-state index contributed by atoms with van der Waals surface area (Å²) in [4.78, 5) is 34.8. The van der Waals surface area contributed by atoms with Gasteiger partial charge in [-0.3, -0.25) is 23.9 Å². The number of benzene rings is 4. The number of ether oxygens (including phenoxy) is 1. The van der Waals surface area contributed by atoms with Gasteiger partial charge in [0.15, 0.2) is 17.5 Å². The summed E-state index contributed by atoms with van der Waals surface area (Å²) in [5, 5.41) is 22.3. The minimum atomic E-state index is -4.06. The average molecular weight is 873 g/mol. The molecule has 0 saturated carbocycles. The molecular formula is C45H38F2N8O5S2. The van der Waals surface area contributed by atoms with Gasteiger partial charge in [-0.15, -0.1) is 21.5 Å². The molecule has 0 unspecified atom stereocenters. The summed E-state index contributed by atoms with van der Waals surface area (Å²) >= 11 is 1.56. The van der Waals surface area contributed by atoms with E-state index in [2.05, 4.69) is 31.3 Å². The first-order chi connectivity index (χ1) is 29.6. The Hall–Kier alpha value is -7.03. The number of aliphatic imine (C=N–C) groups is 1. The van der Waals surface area contributed by atoms with E-state index in [0.717, 1.165) is 26.6 Å².